The SMILES string of the molecule is Fc1cc(Br)ccc1CN1CCCNC2(CCCCC2)C1. The zero-order chi connectivity index (χ0) is 14.7. The van der Waals surface area contributed by atoms with Crippen molar-refractivity contribution >= 4 is 15.9 Å². The second-order valence-electron chi connectivity index (χ2n) is 6.57. The zero-order valence-corrected chi connectivity index (χ0v) is 14.1. The summed E-state index contributed by atoms with van der Waals surface area (Å²) in [5, 5.41) is 3.79. The van der Waals surface area contributed by atoms with Gasteiger partial charge in [-0.2, -0.15) is 0 Å². The Morgan fingerprint density at radius 1 is 1.19 bits per heavy atom. The number of nitrogens with zero attached hydrogens (tertiary/aromatic N) is 1. The second-order valence-corrected chi connectivity index (χ2v) is 7.48. The molecule has 1 spiro atoms. The van der Waals surface area contributed by atoms with Crippen LogP contribution in [0, 0.1) is 5.82 Å². The minimum atomic E-state index is -0.0979. The molecule has 4 heteroatoms. The van der Waals surface area contributed by atoms with E-state index in [4.69, 9.17) is 0 Å². The Balaban J connectivity index is 1.71. The van der Waals surface area contributed by atoms with Gasteiger partial charge in [0.1, 0.15) is 5.82 Å². The van der Waals surface area contributed by atoms with Crippen molar-refractivity contribution in [2.75, 3.05) is 19.6 Å². The number of halogens is 2. The summed E-state index contributed by atoms with van der Waals surface area (Å²) in [5.74, 6) is -0.0979. The third kappa shape index (κ3) is 3.85. The first-order valence-electron chi connectivity index (χ1n) is 8.08. The molecule has 1 aliphatic heterocycles. The molecular weight excluding hydrogens is 331 g/mol. The van der Waals surface area contributed by atoms with Gasteiger partial charge in [0.05, 0.1) is 0 Å². The van der Waals surface area contributed by atoms with Crippen molar-refractivity contribution in [3.05, 3.63) is 34.1 Å². The highest BCUT2D eigenvalue weighted by molar-refractivity contribution is 9.10. The van der Waals surface area contributed by atoms with Crippen LogP contribution in [-0.2, 0) is 6.54 Å². The van der Waals surface area contributed by atoms with Crippen LogP contribution in [0.1, 0.15) is 44.1 Å². The largest absolute Gasteiger partial charge is 0.310 e. The van der Waals surface area contributed by atoms with Gasteiger partial charge in [-0.3, -0.25) is 4.90 Å². The molecule has 0 amide bonds. The average molecular weight is 355 g/mol. The number of hydrogen-bond acceptors (Lipinski definition) is 2. The minimum Gasteiger partial charge on any atom is -0.310 e. The maximum absolute atomic E-state index is 14.1. The summed E-state index contributed by atoms with van der Waals surface area (Å²) in [6, 6.07) is 5.41. The predicted molar refractivity (Wildman–Crippen MR) is 87.8 cm³/mol. The summed E-state index contributed by atoms with van der Waals surface area (Å²) in [7, 11) is 0. The normalized spacial score (nSPS) is 23.1. The Labute approximate surface area is 135 Å². The summed E-state index contributed by atoms with van der Waals surface area (Å²) < 4.78 is 14.9. The fourth-order valence-electron chi connectivity index (χ4n) is 3.81. The van der Waals surface area contributed by atoms with Crippen LogP contribution < -0.4 is 5.32 Å². The third-order valence-electron chi connectivity index (χ3n) is 4.90. The Kier molecular flexibility index (Phi) is 4.97. The zero-order valence-electron chi connectivity index (χ0n) is 12.5. The quantitative estimate of drug-likeness (QED) is 0.860. The summed E-state index contributed by atoms with van der Waals surface area (Å²) in [5.41, 5.74) is 1.09. The first kappa shape index (κ1) is 15.4. The van der Waals surface area contributed by atoms with Gasteiger partial charge in [-0.25, -0.2) is 4.39 Å². The first-order chi connectivity index (χ1) is 10.2. The fourth-order valence-corrected chi connectivity index (χ4v) is 4.14. The third-order valence-corrected chi connectivity index (χ3v) is 5.39. The average Bonchev–Trinajstić information content (AvgIpc) is 2.65. The van der Waals surface area contributed by atoms with Crippen LogP contribution in [0.15, 0.2) is 22.7 Å². The lowest BCUT2D eigenvalue weighted by Gasteiger charge is -2.40. The van der Waals surface area contributed by atoms with E-state index >= 15 is 0 Å². The van der Waals surface area contributed by atoms with Gasteiger partial charge in [-0.05, 0) is 44.5 Å². The minimum absolute atomic E-state index is 0.0979. The summed E-state index contributed by atoms with van der Waals surface area (Å²) in [6.45, 7) is 3.94. The van der Waals surface area contributed by atoms with Crippen molar-refractivity contribution < 1.29 is 4.39 Å². The molecule has 1 aromatic carbocycles. The van der Waals surface area contributed by atoms with Crippen molar-refractivity contribution in [3.8, 4) is 0 Å². The Morgan fingerprint density at radius 3 is 2.76 bits per heavy atom. The molecule has 21 heavy (non-hydrogen) atoms. The smallest absolute Gasteiger partial charge is 0.128 e. The van der Waals surface area contributed by atoms with Gasteiger partial charge < -0.3 is 5.32 Å². The van der Waals surface area contributed by atoms with Gasteiger partial charge in [0.15, 0.2) is 0 Å². The van der Waals surface area contributed by atoms with E-state index < -0.39 is 0 Å². The highest BCUT2D eigenvalue weighted by atomic mass is 79.9. The molecule has 1 aliphatic carbocycles. The van der Waals surface area contributed by atoms with Gasteiger partial charge in [0, 0.05) is 28.7 Å². The molecule has 0 atom stereocenters. The molecular formula is C17H24BrFN2. The Hall–Kier alpha value is -0.450. The highest BCUT2D eigenvalue weighted by Gasteiger charge is 2.34. The van der Waals surface area contributed by atoms with E-state index in [0.29, 0.717) is 0 Å². The van der Waals surface area contributed by atoms with Crippen molar-refractivity contribution in [3.63, 3.8) is 0 Å². The molecule has 116 valence electrons. The number of hydrogen-bond donors (Lipinski definition) is 1. The topological polar surface area (TPSA) is 15.3 Å². The first-order valence-corrected chi connectivity index (χ1v) is 8.88. The molecule has 1 aromatic rings. The second kappa shape index (κ2) is 6.76. The molecule has 1 heterocycles. The lowest BCUT2D eigenvalue weighted by Crippen LogP contribution is -2.52. The van der Waals surface area contributed by atoms with Crippen LogP contribution in [0.2, 0.25) is 0 Å². The molecule has 1 saturated carbocycles. The lowest BCUT2D eigenvalue weighted by atomic mass is 9.81. The van der Waals surface area contributed by atoms with E-state index in [0.717, 1.165) is 42.6 Å². The number of benzene rings is 1. The van der Waals surface area contributed by atoms with Crippen molar-refractivity contribution in [2.24, 2.45) is 0 Å². The molecule has 0 aromatic heterocycles. The maximum Gasteiger partial charge on any atom is 0.128 e. The van der Waals surface area contributed by atoms with Gasteiger partial charge in [0.2, 0.25) is 0 Å². The fraction of sp³-hybridized carbons (Fsp3) is 0.647. The molecule has 1 N–H and O–H groups in total. The van der Waals surface area contributed by atoms with E-state index in [2.05, 4.69) is 26.1 Å². The van der Waals surface area contributed by atoms with Crippen LogP contribution in [0.5, 0.6) is 0 Å². The molecule has 2 nitrogen and oxygen atoms in total. The van der Waals surface area contributed by atoms with Crippen molar-refractivity contribution in [2.45, 2.75) is 50.6 Å². The molecule has 0 bridgehead atoms. The van der Waals surface area contributed by atoms with Crippen molar-refractivity contribution in [1.82, 2.24) is 10.2 Å². The van der Waals surface area contributed by atoms with Gasteiger partial charge in [-0.1, -0.05) is 41.3 Å². The van der Waals surface area contributed by atoms with Gasteiger partial charge in [0.25, 0.3) is 0 Å². The van der Waals surface area contributed by atoms with E-state index in [1.165, 1.54) is 32.1 Å². The van der Waals surface area contributed by atoms with Crippen LogP contribution >= 0.6 is 15.9 Å². The van der Waals surface area contributed by atoms with Crippen LogP contribution in [-0.4, -0.2) is 30.1 Å². The molecule has 2 fully saturated rings. The maximum atomic E-state index is 14.1. The summed E-state index contributed by atoms with van der Waals surface area (Å²) in [4.78, 5) is 2.44. The molecule has 0 unspecified atom stereocenters. The number of nitrogens with one attached hydrogen (secondary N) is 1. The number of rotatable bonds is 2. The predicted octanol–water partition coefficient (Wildman–Crippen LogP) is 4.09. The Bertz CT molecular complexity index is 486. The highest BCUT2D eigenvalue weighted by Crippen LogP contribution is 2.31. The van der Waals surface area contributed by atoms with Gasteiger partial charge in [-0.15, -0.1) is 0 Å². The lowest BCUT2D eigenvalue weighted by molar-refractivity contribution is 0.158. The molecule has 3 rings (SSSR count). The monoisotopic (exact) mass is 354 g/mol. The van der Waals surface area contributed by atoms with E-state index in [1.54, 1.807) is 6.07 Å². The van der Waals surface area contributed by atoms with E-state index in [9.17, 15) is 4.39 Å². The summed E-state index contributed by atoms with van der Waals surface area (Å²) in [6.07, 6.45) is 7.71. The molecule has 2 aliphatic rings. The van der Waals surface area contributed by atoms with Crippen LogP contribution in [0.4, 0.5) is 4.39 Å². The van der Waals surface area contributed by atoms with E-state index in [-0.39, 0.29) is 11.4 Å². The summed E-state index contributed by atoms with van der Waals surface area (Å²) >= 11 is 3.33. The van der Waals surface area contributed by atoms with Gasteiger partial charge >= 0.3 is 0 Å². The molecule has 0 radical (unpaired) electrons. The standard InChI is InChI=1S/C17H24BrFN2/c18-15-6-5-14(16(19)11-15)12-21-10-4-9-20-17(13-21)7-2-1-3-8-17/h5-6,11,20H,1-4,7-10,12-13H2. The van der Waals surface area contributed by atoms with Crippen LogP contribution in [0.25, 0.3) is 0 Å². The van der Waals surface area contributed by atoms with Crippen LogP contribution in [0.3, 0.4) is 0 Å². The molecule has 1 saturated heterocycles. The van der Waals surface area contributed by atoms with E-state index in [1.807, 2.05) is 12.1 Å². The van der Waals surface area contributed by atoms with Crippen molar-refractivity contribution in [1.29, 1.82) is 0 Å². The Morgan fingerprint density at radius 2 is 2.00 bits per heavy atom.